The molecule has 0 unspecified atom stereocenters. The summed E-state index contributed by atoms with van der Waals surface area (Å²) in [6, 6.07) is 0. The van der Waals surface area contributed by atoms with Crippen LogP contribution in [0.2, 0.25) is 0 Å². The van der Waals surface area contributed by atoms with Crippen molar-refractivity contribution in [2.75, 3.05) is 19.5 Å². The predicted molar refractivity (Wildman–Crippen MR) is 56.3 cm³/mol. The van der Waals surface area contributed by atoms with Gasteiger partial charge in [0, 0.05) is 30.3 Å². The van der Waals surface area contributed by atoms with Gasteiger partial charge in [0.05, 0.1) is 0 Å². The van der Waals surface area contributed by atoms with Gasteiger partial charge >= 0.3 is 0 Å². The standard InChI is InChI=1S/C8H14Cl2N2/c1-11-6-4-8(7-9)3-2-5-12-10/h3,5,11H,2,4,6-7H2,1H3/b8-3-,12-5+. The van der Waals surface area contributed by atoms with Crippen LogP contribution in [-0.2, 0) is 0 Å². The van der Waals surface area contributed by atoms with Crippen molar-refractivity contribution in [3.05, 3.63) is 11.6 Å². The van der Waals surface area contributed by atoms with Gasteiger partial charge in [-0.05, 0) is 20.0 Å². The normalized spacial score (nSPS) is 12.8. The first kappa shape index (κ1) is 11.9. The van der Waals surface area contributed by atoms with Gasteiger partial charge in [0.25, 0.3) is 0 Å². The van der Waals surface area contributed by atoms with Crippen LogP contribution < -0.4 is 5.32 Å². The molecule has 0 saturated heterocycles. The van der Waals surface area contributed by atoms with Gasteiger partial charge in [-0.25, -0.2) is 0 Å². The first-order valence-corrected chi connectivity index (χ1v) is 4.73. The molecule has 0 spiro atoms. The number of rotatable bonds is 6. The summed E-state index contributed by atoms with van der Waals surface area (Å²) in [6.45, 7) is 0.955. The summed E-state index contributed by atoms with van der Waals surface area (Å²) in [5.74, 6) is 0.581. The molecule has 0 aliphatic carbocycles. The molecule has 0 fully saturated rings. The van der Waals surface area contributed by atoms with E-state index in [1.165, 1.54) is 5.57 Å². The molecular formula is C8H14Cl2N2. The van der Waals surface area contributed by atoms with E-state index in [1.54, 1.807) is 6.21 Å². The van der Waals surface area contributed by atoms with Crippen molar-refractivity contribution >= 4 is 29.6 Å². The first-order chi connectivity index (χ1) is 5.85. The van der Waals surface area contributed by atoms with Crippen LogP contribution in [0.25, 0.3) is 0 Å². The summed E-state index contributed by atoms with van der Waals surface area (Å²) < 4.78 is 3.37. The monoisotopic (exact) mass is 208 g/mol. The van der Waals surface area contributed by atoms with E-state index >= 15 is 0 Å². The molecule has 12 heavy (non-hydrogen) atoms. The highest BCUT2D eigenvalue weighted by Gasteiger charge is 1.92. The molecule has 2 nitrogen and oxygen atoms in total. The van der Waals surface area contributed by atoms with Crippen LogP contribution in [-0.4, -0.2) is 25.7 Å². The molecule has 4 heteroatoms. The van der Waals surface area contributed by atoms with E-state index in [4.69, 9.17) is 23.4 Å². The van der Waals surface area contributed by atoms with E-state index in [1.807, 2.05) is 7.05 Å². The lowest BCUT2D eigenvalue weighted by molar-refractivity contribution is 0.785. The van der Waals surface area contributed by atoms with Gasteiger partial charge in [0.1, 0.15) is 0 Å². The van der Waals surface area contributed by atoms with E-state index < -0.39 is 0 Å². The van der Waals surface area contributed by atoms with Gasteiger partial charge < -0.3 is 5.32 Å². The Kier molecular flexibility index (Phi) is 9.00. The van der Waals surface area contributed by atoms with Crippen LogP contribution in [0.5, 0.6) is 0 Å². The lowest BCUT2D eigenvalue weighted by atomic mass is 10.2. The number of allylic oxidation sites excluding steroid dienone is 1. The largest absolute Gasteiger partial charge is 0.319 e. The van der Waals surface area contributed by atoms with Gasteiger partial charge in [0.2, 0.25) is 0 Å². The molecule has 0 atom stereocenters. The number of hydrogen-bond acceptors (Lipinski definition) is 2. The molecule has 0 radical (unpaired) electrons. The number of nitrogens with zero attached hydrogens (tertiary/aromatic N) is 1. The molecule has 0 amide bonds. The molecule has 0 bridgehead atoms. The average Bonchev–Trinajstić information content (AvgIpc) is 2.11. The fourth-order valence-corrected chi connectivity index (χ4v) is 1.09. The Morgan fingerprint density at radius 3 is 2.83 bits per heavy atom. The summed E-state index contributed by atoms with van der Waals surface area (Å²) in [5.41, 5.74) is 1.22. The highest BCUT2D eigenvalue weighted by molar-refractivity contribution is 6.19. The van der Waals surface area contributed by atoms with Gasteiger partial charge in [0.15, 0.2) is 0 Å². The molecule has 0 rings (SSSR count). The van der Waals surface area contributed by atoms with Gasteiger partial charge in [-0.3, -0.25) is 0 Å². The second-order valence-electron chi connectivity index (χ2n) is 2.37. The molecule has 0 aromatic heterocycles. The van der Waals surface area contributed by atoms with Crippen LogP contribution >= 0.6 is 23.4 Å². The molecule has 0 aromatic carbocycles. The fraction of sp³-hybridized carbons (Fsp3) is 0.625. The van der Waals surface area contributed by atoms with Crippen molar-refractivity contribution < 1.29 is 0 Å². The Labute approximate surface area is 83.8 Å². The van der Waals surface area contributed by atoms with Crippen LogP contribution in [0.15, 0.2) is 16.2 Å². The molecule has 70 valence electrons. The second kappa shape index (κ2) is 9.04. The third kappa shape index (κ3) is 6.65. The number of alkyl halides is 1. The minimum Gasteiger partial charge on any atom is -0.319 e. The van der Waals surface area contributed by atoms with Crippen LogP contribution in [0.1, 0.15) is 12.8 Å². The molecular weight excluding hydrogens is 195 g/mol. The zero-order valence-corrected chi connectivity index (χ0v) is 8.70. The fourth-order valence-electron chi connectivity index (χ4n) is 0.768. The van der Waals surface area contributed by atoms with Crippen molar-refractivity contribution in [2.45, 2.75) is 12.8 Å². The highest BCUT2D eigenvalue weighted by atomic mass is 35.5. The van der Waals surface area contributed by atoms with Gasteiger partial charge in [-0.2, -0.15) is 4.51 Å². The molecule has 1 N–H and O–H groups in total. The van der Waals surface area contributed by atoms with Crippen molar-refractivity contribution in [3.8, 4) is 0 Å². The Balaban J connectivity index is 3.70. The van der Waals surface area contributed by atoms with E-state index in [2.05, 4.69) is 15.9 Å². The summed E-state index contributed by atoms with van der Waals surface area (Å²) in [6.07, 6.45) is 5.44. The topological polar surface area (TPSA) is 24.4 Å². The number of halogens is 2. The third-order valence-electron chi connectivity index (χ3n) is 1.45. The molecule has 0 aromatic rings. The van der Waals surface area contributed by atoms with Crippen molar-refractivity contribution in [2.24, 2.45) is 4.51 Å². The number of nitrogens with one attached hydrogen (secondary N) is 1. The van der Waals surface area contributed by atoms with Gasteiger partial charge in [-0.15, -0.1) is 11.6 Å². The summed E-state index contributed by atoms with van der Waals surface area (Å²) in [5, 5.41) is 3.06. The van der Waals surface area contributed by atoms with Crippen LogP contribution in [0.3, 0.4) is 0 Å². The zero-order valence-electron chi connectivity index (χ0n) is 7.19. The van der Waals surface area contributed by atoms with E-state index in [-0.39, 0.29) is 0 Å². The maximum absolute atomic E-state index is 5.71. The van der Waals surface area contributed by atoms with Crippen molar-refractivity contribution in [1.29, 1.82) is 0 Å². The summed E-state index contributed by atoms with van der Waals surface area (Å²) in [4.78, 5) is 0. The van der Waals surface area contributed by atoms with Crippen molar-refractivity contribution in [3.63, 3.8) is 0 Å². The lowest BCUT2D eigenvalue weighted by Gasteiger charge is -2.01. The molecule has 0 heterocycles. The quantitative estimate of drug-likeness (QED) is 0.405. The Morgan fingerprint density at radius 1 is 1.58 bits per heavy atom. The Bertz CT molecular complexity index is 155. The zero-order chi connectivity index (χ0) is 9.23. The summed E-state index contributed by atoms with van der Waals surface area (Å²) >= 11 is 10.8. The number of hydrogen-bond donors (Lipinski definition) is 1. The Hall–Kier alpha value is -0.0500. The van der Waals surface area contributed by atoms with E-state index in [0.29, 0.717) is 5.88 Å². The maximum atomic E-state index is 5.71. The van der Waals surface area contributed by atoms with E-state index in [9.17, 15) is 0 Å². The van der Waals surface area contributed by atoms with Crippen molar-refractivity contribution in [1.82, 2.24) is 5.32 Å². The van der Waals surface area contributed by atoms with E-state index in [0.717, 1.165) is 19.4 Å². The Morgan fingerprint density at radius 2 is 2.33 bits per heavy atom. The smallest absolute Gasteiger partial charge is 0.0434 e. The highest BCUT2D eigenvalue weighted by Crippen LogP contribution is 2.03. The second-order valence-corrected chi connectivity index (χ2v) is 2.83. The van der Waals surface area contributed by atoms with Gasteiger partial charge in [-0.1, -0.05) is 11.6 Å². The summed E-state index contributed by atoms with van der Waals surface area (Å²) in [7, 11) is 1.92. The maximum Gasteiger partial charge on any atom is 0.0434 e. The molecule has 0 aliphatic rings. The first-order valence-electron chi connectivity index (χ1n) is 3.86. The minimum atomic E-state index is 0.581. The minimum absolute atomic E-state index is 0.581. The third-order valence-corrected chi connectivity index (χ3v) is 1.93. The SMILES string of the molecule is CNCC/C(=C/C/C=N/Cl)CCl. The van der Waals surface area contributed by atoms with Crippen LogP contribution in [0, 0.1) is 0 Å². The van der Waals surface area contributed by atoms with Crippen LogP contribution in [0.4, 0.5) is 0 Å². The average molecular weight is 209 g/mol. The molecule has 0 aliphatic heterocycles. The molecule has 0 saturated carbocycles. The predicted octanol–water partition coefficient (Wildman–Crippen LogP) is 2.38. The lowest BCUT2D eigenvalue weighted by Crippen LogP contribution is -2.08.